The van der Waals surface area contributed by atoms with Crippen molar-refractivity contribution in [2.75, 3.05) is 0 Å². The van der Waals surface area contributed by atoms with E-state index < -0.39 is 0 Å². The highest BCUT2D eigenvalue weighted by Crippen LogP contribution is 2.35. The van der Waals surface area contributed by atoms with Gasteiger partial charge in [0.1, 0.15) is 22.5 Å². The molecule has 7 heteroatoms. The molecule has 0 bridgehead atoms. The number of aryl methyl sites for hydroxylation is 1. The van der Waals surface area contributed by atoms with E-state index in [0.29, 0.717) is 43.9 Å². The number of nitriles is 1. The van der Waals surface area contributed by atoms with Crippen molar-refractivity contribution in [2.45, 2.75) is 11.9 Å². The van der Waals surface area contributed by atoms with Gasteiger partial charge in [-0.05, 0) is 36.9 Å². The third kappa shape index (κ3) is 3.86. The van der Waals surface area contributed by atoms with Crippen molar-refractivity contribution in [2.24, 2.45) is 0 Å². The van der Waals surface area contributed by atoms with Gasteiger partial charge < -0.3 is 4.52 Å². The Morgan fingerprint density at radius 1 is 1.07 bits per heavy atom. The van der Waals surface area contributed by atoms with Gasteiger partial charge in [0.15, 0.2) is 0 Å². The molecule has 2 aromatic heterocycles. The van der Waals surface area contributed by atoms with Gasteiger partial charge in [-0.15, -0.1) is 0 Å². The summed E-state index contributed by atoms with van der Waals surface area (Å²) in [5, 5.41) is 14.0. The smallest absolute Gasteiger partial charge is 0.231 e. The van der Waals surface area contributed by atoms with E-state index in [2.05, 4.69) is 16.2 Å². The van der Waals surface area contributed by atoms with Crippen molar-refractivity contribution in [1.29, 1.82) is 5.26 Å². The molecular formula is C23H14ClN3O2S. The molecule has 0 aliphatic heterocycles. The van der Waals surface area contributed by atoms with Gasteiger partial charge in [0.2, 0.25) is 5.12 Å². The molecule has 0 fully saturated rings. The maximum Gasteiger partial charge on any atom is 0.231 e. The van der Waals surface area contributed by atoms with E-state index in [1.165, 1.54) is 0 Å². The van der Waals surface area contributed by atoms with Crippen molar-refractivity contribution in [3.63, 3.8) is 0 Å². The van der Waals surface area contributed by atoms with Crippen molar-refractivity contribution >= 4 is 28.5 Å². The van der Waals surface area contributed by atoms with Crippen molar-refractivity contribution in [3.05, 3.63) is 88.6 Å². The number of carbonyl (C=O) groups is 1. The van der Waals surface area contributed by atoms with Crippen LogP contribution < -0.4 is 0 Å². The lowest BCUT2D eigenvalue weighted by Gasteiger charge is -2.07. The summed E-state index contributed by atoms with van der Waals surface area (Å²) in [6.45, 7) is 1.67. The molecule has 0 unspecified atom stereocenters. The molecule has 0 saturated carbocycles. The zero-order chi connectivity index (χ0) is 21.1. The molecule has 4 aromatic rings. The topological polar surface area (TPSA) is 79.8 Å². The number of halogens is 1. The Morgan fingerprint density at radius 3 is 2.53 bits per heavy atom. The van der Waals surface area contributed by atoms with Gasteiger partial charge in [-0.3, -0.25) is 4.79 Å². The molecule has 0 spiro atoms. The molecule has 146 valence electrons. The summed E-state index contributed by atoms with van der Waals surface area (Å²) in [6.07, 6.45) is 0. The fraction of sp³-hybridized carbons (Fsp3) is 0.0435. The first-order chi connectivity index (χ1) is 14.6. The van der Waals surface area contributed by atoms with E-state index >= 15 is 0 Å². The molecule has 30 heavy (non-hydrogen) atoms. The maximum absolute atomic E-state index is 13.2. The number of hydrogen-bond donors (Lipinski definition) is 0. The predicted octanol–water partition coefficient (Wildman–Crippen LogP) is 6.17. The average Bonchev–Trinajstić information content (AvgIpc) is 3.16. The minimum atomic E-state index is -0.321. The van der Waals surface area contributed by atoms with Crippen LogP contribution in [0.5, 0.6) is 0 Å². The molecule has 5 nitrogen and oxygen atoms in total. The summed E-state index contributed by atoms with van der Waals surface area (Å²) in [7, 11) is 0. The fourth-order valence-electron chi connectivity index (χ4n) is 2.96. The highest BCUT2D eigenvalue weighted by Gasteiger charge is 2.25. The Kier molecular flexibility index (Phi) is 5.66. The molecule has 4 rings (SSSR count). The van der Waals surface area contributed by atoms with Gasteiger partial charge in [0.05, 0.1) is 21.8 Å². The summed E-state index contributed by atoms with van der Waals surface area (Å²) in [5.41, 5.74) is 3.18. The Balaban J connectivity index is 1.73. The van der Waals surface area contributed by atoms with E-state index in [-0.39, 0.29) is 5.12 Å². The number of aromatic nitrogens is 2. The number of pyridine rings is 1. The van der Waals surface area contributed by atoms with Gasteiger partial charge in [0, 0.05) is 11.1 Å². The summed E-state index contributed by atoms with van der Waals surface area (Å²) in [6, 6.07) is 22.2. The third-order valence-electron chi connectivity index (χ3n) is 4.44. The molecule has 0 amide bonds. The molecular weight excluding hydrogens is 418 g/mol. The average molecular weight is 432 g/mol. The van der Waals surface area contributed by atoms with E-state index in [0.717, 1.165) is 17.3 Å². The van der Waals surface area contributed by atoms with Gasteiger partial charge in [-0.1, -0.05) is 65.3 Å². The predicted molar refractivity (Wildman–Crippen MR) is 116 cm³/mol. The lowest BCUT2D eigenvalue weighted by molar-refractivity contribution is 0.108. The second-order valence-electron chi connectivity index (χ2n) is 6.36. The number of carbonyl (C=O) groups excluding carboxylic acids is 1. The zero-order valence-electron chi connectivity index (χ0n) is 15.8. The van der Waals surface area contributed by atoms with Crippen LogP contribution in [0.25, 0.3) is 22.5 Å². The molecule has 0 aliphatic carbocycles. The van der Waals surface area contributed by atoms with E-state index in [9.17, 15) is 10.1 Å². The van der Waals surface area contributed by atoms with Crippen LogP contribution in [0.3, 0.4) is 0 Å². The number of hydrogen-bond acceptors (Lipinski definition) is 6. The minimum absolute atomic E-state index is 0.309. The molecule has 2 heterocycles. The lowest BCUT2D eigenvalue weighted by atomic mass is 10.1. The quantitative estimate of drug-likeness (QED) is 0.359. The largest absolute Gasteiger partial charge is 0.360 e. The lowest BCUT2D eigenvalue weighted by Crippen LogP contribution is -2.00. The number of rotatable bonds is 4. The molecule has 0 N–H and O–H groups in total. The van der Waals surface area contributed by atoms with Gasteiger partial charge >= 0.3 is 0 Å². The van der Waals surface area contributed by atoms with Crippen molar-refractivity contribution in [1.82, 2.24) is 10.1 Å². The highest BCUT2D eigenvalue weighted by atomic mass is 35.5. The monoisotopic (exact) mass is 431 g/mol. The second kappa shape index (κ2) is 8.54. The van der Waals surface area contributed by atoms with Crippen LogP contribution in [0.4, 0.5) is 0 Å². The van der Waals surface area contributed by atoms with E-state index in [1.54, 1.807) is 37.3 Å². The van der Waals surface area contributed by atoms with Crippen LogP contribution in [0.2, 0.25) is 5.02 Å². The summed E-state index contributed by atoms with van der Waals surface area (Å²) in [5.74, 6) is 0.375. The van der Waals surface area contributed by atoms with E-state index in [4.69, 9.17) is 16.1 Å². The summed E-state index contributed by atoms with van der Waals surface area (Å²) >= 11 is 7.16. The molecule has 0 radical (unpaired) electrons. The first-order valence-corrected chi connectivity index (χ1v) is 10.2. The SMILES string of the molecule is Cc1onc(-c2ccccc2Cl)c1C(=O)Sc1nc(-c2ccccc2)ccc1C#N. The molecule has 0 aliphatic rings. The first-order valence-electron chi connectivity index (χ1n) is 8.98. The molecule has 2 aromatic carbocycles. The number of benzene rings is 2. The standard InChI is InChI=1S/C23H14ClN3O2S/c1-14-20(21(27-29-14)17-9-5-6-10-18(17)24)23(28)30-22-16(13-25)11-12-19(26-22)15-7-3-2-4-8-15/h2-12H,1H3. The Bertz CT molecular complexity index is 1280. The van der Waals surface area contributed by atoms with Crippen LogP contribution in [0.1, 0.15) is 21.7 Å². The minimum Gasteiger partial charge on any atom is -0.360 e. The second-order valence-corrected chi connectivity index (χ2v) is 7.73. The van der Waals surface area contributed by atoms with E-state index in [1.807, 2.05) is 36.4 Å². The molecule has 0 saturated heterocycles. The van der Waals surface area contributed by atoms with Crippen LogP contribution in [0, 0.1) is 18.3 Å². The first kappa shape index (κ1) is 19.9. The van der Waals surface area contributed by atoms with Gasteiger partial charge in [0.25, 0.3) is 0 Å². The van der Waals surface area contributed by atoms with Crippen LogP contribution in [0.15, 0.2) is 76.3 Å². The number of nitrogens with zero attached hydrogens (tertiary/aromatic N) is 3. The van der Waals surface area contributed by atoms with Gasteiger partial charge in [-0.25, -0.2) is 4.98 Å². The Morgan fingerprint density at radius 2 is 1.80 bits per heavy atom. The van der Waals surface area contributed by atoms with Crippen molar-refractivity contribution < 1.29 is 9.32 Å². The Labute approximate surface area is 182 Å². The summed E-state index contributed by atoms with van der Waals surface area (Å²) in [4.78, 5) is 17.7. The fourth-order valence-corrected chi connectivity index (χ4v) is 4.07. The Hall–Kier alpha value is -3.40. The van der Waals surface area contributed by atoms with Crippen molar-refractivity contribution in [3.8, 4) is 28.6 Å². The third-order valence-corrected chi connectivity index (χ3v) is 5.66. The zero-order valence-corrected chi connectivity index (χ0v) is 17.4. The maximum atomic E-state index is 13.2. The van der Waals surface area contributed by atoms with Crippen LogP contribution >= 0.6 is 23.4 Å². The number of thioether (sulfide) groups is 1. The van der Waals surface area contributed by atoms with Crippen LogP contribution in [-0.4, -0.2) is 15.3 Å². The van der Waals surface area contributed by atoms with Crippen LogP contribution in [-0.2, 0) is 0 Å². The molecule has 0 atom stereocenters. The van der Waals surface area contributed by atoms with Gasteiger partial charge in [-0.2, -0.15) is 5.26 Å². The highest BCUT2D eigenvalue weighted by molar-refractivity contribution is 8.14. The summed E-state index contributed by atoms with van der Waals surface area (Å²) < 4.78 is 5.29. The normalized spacial score (nSPS) is 10.6.